The number of ether oxygens (including phenoxy) is 1. The molecule has 0 radical (unpaired) electrons. The predicted molar refractivity (Wildman–Crippen MR) is 86.5 cm³/mol. The molecule has 0 spiro atoms. The Kier molecular flexibility index (Phi) is 9.78. The van der Waals surface area contributed by atoms with Crippen LogP contribution in [0.1, 0.15) is 81.1 Å². The van der Waals surface area contributed by atoms with Gasteiger partial charge in [-0.25, -0.2) is 0 Å². The molecule has 0 amide bonds. The van der Waals surface area contributed by atoms with Gasteiger partial charge in [0, 0.05) is 0 Å². The Labute approximate surface area is 122 Å². The van der Waals surface area contributed by atoms with E-state index in [0.29, 0.717) is 24.0 Å². The molecule has 0 aliphatic rings. The van der Waals surface area contributed by atoms with Crippen LogP contribution in [-0.2, 0) is 4.74 Å². The zero-order valence-corrected chi connectivity index (χ0v) is 14.7. The van der Waals surface area contributed by atoms with Crippen molar-refractivity contribution >= 4 is 0 Å². The van der Waals surface area contributed by atoms with E-state index in [-0.39, 0.29) is 0 Å². The molecule has 19 heavy (non-hydrogen) atoms. The van der Waals surface area contributed by atoms with E-state index in [1.165, 1.54) is 12.8 Å². The summed E-state index contributed by atoms with van der Waals surface area (Å²) in [5.41, 5.74) is 0. The second-order valence-corrected chi connectivity index (χ2v) is 6.52. The molecule has 0 aromatic rings. The van der Waals surface area contributed by atoms with Gasteiger partial charge in [0.25, 0.3) is 0 Å². The lowest BCUT2D eigenvalue weighted by Gasteiger charge is -2.35. The number of hydrogen-bond acceptors (Lipinski definition) is 1. The lowest BCUT2D eigenvalue weighted by atomic mass is 9.85. The van der Waals surface area contributed by atoms with Crippen molar-refractivity contribution in [2.75, 3.05) is 0 Å². The Morgan fingerprint density at radius 3 is 1.11 bits per heavy atom. The Morgan fingerprint density at radius 1 is 0.579 bits per heavy atom. The highest BCUT2D eigenvalue weighted by molar-refractivity contribution is 4.76. The van der Waals surface area contributed by atoms with Gasteiger partial charge in [-0.05, 0) is 36.5 Å². The summed E-state index contributed by atoms with van der Waals surface area (Å²) in [6, 6.07) is 0. The average molecular weight is 271 g/mol. The highest BCUT2D eigenvalue weighted by Gasteiger charge is 2.27. The van der Waals surface area contributed by atoms with Crippen molar-refractivity contribution in [2.45, 2.75) is 93.3 Å². The van der Waals surface area contributed by atoms with Crippen molar-refractivity contribution in [3.05, 3.63) is 0 Å². The molecule has 0 rings (SSSR count). The third-order valence-corrected chi connectivity index (χ3v) is 5.41. The third-order valence-electron chi connectivity index (χ3n) is 5.41. The molecule has 6 unspecified atom stereocenters. The van der Waals surface area contributed by atoms with Gasteiger partial charge in [-0.1, -0.05) is 68.2 Å². The maximum Gasteiger partial charge on any atom is 0.0604 e. The highest BCUT2D eigenvalue weighted by atomic mass is 16.5. The monoisotopic (exact) mass is 270 g/mol. The van der Waals surface area contributed by atoms with Crippen LogP contribution in [0.3, 0.4) is 0 Å². The standard InChI is InChI=1S/C18H38O/c1-9-13(5)15(7)17(11-3)19-18(12-4)16(8)14(6)10-2/h13-18H,9-12H2,1-8H3. The molecule has 0 bridgehead atoms. The van der Waals surface area contributed by atoms with E-state index in [4.69, 9.17) is 4.74 Å². The van der Waals surface area contributed by atoms with Gasteiger partial charge in [-0.2, -0.15) is 0 Å². The molecule has 0 heterocycles. The summed E-state index contributed by atoms with van der Waals surface area (Å²) in [6.45, 7) is 18.5. The zero-order valence-electron chi connectivity index (χ0n) is 14.7. The number of rotatable bonds is 10. The average Bonchev–Trinajstić information content (AvgIpc) is 2.45. The van der Waals surface area contributed by atoms with Crippen molar-refractivity contribution in [2.24, 2.45) is 23.7 Å². The first-order chi connectivity index (χ1) is 8.92. The quantitative estimate of drug-likeness (QED) is 0.478. The van der Waals surface area contributed by atoms with Crippen molar-refractivity contribution in [1.29, 1.82) is 0 Å². The van der Waals surface area contributed by atoms with Gasteiger partial charge in [0.1, 0.15) is 0 Å². The van der Waals surface area contributed by atoms with Gasteiger partial charge in [0.2, 0.25) is 0 Å². The van der Waals surface area contributed by atoms with Crippen molar-refractivity contribution in [3.63, 3.8) is 0 Å². The first-order valence-electron chi connectivity index (χ1n) is 8.58. The fraction of sp³-hybridized carbons (Fsp3) is 1.00. The van der Waals surface area contributed by atoms with Gasteiger partial charge in [-0.3, -0.25) is 0 Å². The Bertz CT molecular complexity index is 192. The molecule has 0 aromatic carbocycles. The summed E-state index contributed by atoms with van der Waals surface area (Å²) in [6.07, 6.45) is 5.61. The van der Waals surface area contributed by atoms with Gasteiger partial charge in [-0.15, -0.1) is 0 Å². The van der Waals surface area contributed by atoms with Crippen molar-refractivity contribution in [3.8, 4) is 0 Å². The molecule has 116 valence electrons. The van der Waals surface area contributed by atoms with Gasteiger partial charge in [0.15, 0.2) is 0 Å². The molecule has 0 aliphatic heterocycles. The van der Waals surface area contributed by atoms with Crippen LogP contribution >= 0.6 is 0 Å². The van der Waals surface area contributed by atoms with E-state index in [9.17, 15) is 0 Å². The lowest BCUT2D eigenvalue weighted by Crippen LogP contribution is -2.35. The molecule has 6 atom stereocenters. The minimum atomic E-state index is 0.423. The van der Waals surface area contributed by atoms with E-state index in [1.807, 2.05) is 0 Å². The molecular formula is C18H38O. The molecule has 0 saturated carbocycles. The second-order valence-electron chi connectivity index (χ2n) is 6.52. The topological polar surface area (TPSA) is 9.23 Å². The van der Waals surface area contributed by atoms with Crippen LogP contribution in [0.5, 0.6) is 0 Å². The summed E-state index contributed by atoms with van der Waals surface area (Å²) in [5, 5.41) is 0. The van der Waals surface area contributed by atoms with Crippen LogP contribution in [0.15, 0.2) is 0 Å². The Hall–Kier alpha value is -0.0400. The van der Waals surface area contributed by atoms with Gasteiger partial charge in [0.05, 0.1) is 12.2 Å². The molecule has 1 nitrogen and oxygen atoms in total. The van der Waals surface area contributed by atoms with E-state index in [0.717, 1.165) is 24.7 Å². The maximum absolute atomic E-state index is 6.52. The van der Waals surface area contributed by atoms with Crippen LogP contribution in [0, 0.1) is 23.7 Å². The lowest BCUT2D eigenvalue weighted by molar-refractivity contribution is -0.0835. The fourth-order valence-corrected chi connectivity index (χ4v) is 2.88. The van der Waals surface area contributed by atoms with Crippen LogP contribution in [0.25, 0.3) is 0 Å². The Morgan fingerprint density at radius 2 is 0.895 bits per heavy atom. The molecule has 0 fully saturated rings. The minimum absolute atomic E-state index is 0.423. The normalized spacial score (nSPS) is 21.5. The van der Waals surface area contributed by atoms with Gasteiger partial charge >= 0.3 is 0 Å². The van der Waals surface area contributed by atoms with Gasteiger partial charge < -0.3 is 4.74 Å². The molecule has 0 aromatic heterocycles. The van der Waals surface area contributed by atoms with E-state index < -0.39 is 0 Å². The maximum atomic E-state index is 6.52. The smallest absolute Gasteiger partial charge is 0.0604 e. The highest BCUT2D eigenvalue weighted by Crippen LogP contribution is 2.29. The molecular weight excluding hydrogens is 232 g/mol. The van der Waals surface area contributed by atoms with Crippen LogP contribution in [0.4, 0.5) is 0 Å². The van der Waals surface area contributed by atoms with E-state index >= 15 is 0 Å². The van der Waals surface area contributed by atoms with E-state index in [2.05, 4.69) is 55.4 Å². The summed E-state index contributed by atoms with van der Waals surface area (Å²) >= 11 is 0. The molecule has 1 heteroatoms. The molecule has 0 saturated heterocycles. The fourth-order valence-electron chi connectivity index (χ4n) is 2.88. The second kappa shape index (κ2) is 9.80. The molecule has 0 aliphatic carbocycles. The summed E-state index contributed by atoms with van der Waals surface area (Å²) < 4.78 is 6.52. The Balaban J connectivity index is 4.64. The van der Waals surface area contributed by atoms with Crippen molar-refractivity contribution < 1.29 is 4.74 Å². The molecule has 0 N–H and O–H groups in total. The predicted octanol–water partition coefficient (Wildman–Crippen LogP) is 5.92. The van der Waals surface area contributed by atoms with Crippen LogP contribution < -0.4 is 0 Å². The first-order valence-corrected chi connectivity index (χ1v) is 8.58. The summed E-state index contributed by atoms with van der Waals surface area (Å²) in [7, 11) is 0. The SMILES string of the molecule is CCC(C)C(C)C(CC)OC(CC)C(C)C(C)CC. The van der Waals surface area contributed by atoms with Crippen molar-refractivity contribution in [1.82, 2.24) is 0 Å². The zero-order chi connectivity index (χ0) is 15.0. The first kappa shape index (κ1) is 19.0. The largest absolute Gasteiger partial charge is 0.374 e. The van der Waals surface area contributed by atoms with Crippen LogP contribution in [-0.4, -0.2) is 12.2 Å². The van der Waals surface area contributed by atoms with E-state index in [1.54, 1.807) is 0 Å². The van der Waals surface area contributed by atoms with Crippen LogP contribution in [0.2, 0.25) is 0 Å². The summed E-state index contributed by atoms with van der Waals surface area (Å²) in [4.78, 5) is 0. The minimum Gasteiger partial charge on any atom is -0.374 e. The number of hydrogen-bond donors (Lipinski definition) is 0. The third kappa shape index (κ3) is 5.85. The summed E-state index contributed by atoms with van der Waals surface area (Å²) in [5.74, 6) is 2.82.